The number of methoxy groups -OCH3 is 2. The van der Waals surface area contributed by atoms with Crippen molar-refractivity contribution < 1.29 is 19.4 Å². The van der Waals surface area contributed by atoms with Crippen molar-refractivity contribution in [2.45, 2.75) is 19.4 Å². The molecule has 0 aromatic heterocycles. The summed E-state index contributed by atoms with van der Waals surface area (Å²) in [4.78, 5) is 13.9. The fourth-order valence-corrected chi connectivity index (χ4v) is 1.90. The van der Waals surface area contributed by atoms with Crippen LogP contribution < -0.4 is 9.47 Å². The lowest BCUT2D eigenvalue weighted by atomic mass is 10.0. The number of hydrogen-bond donors (Lipinski definition) is 1. The number of hydrogen-bond acceptors (Lipinski definition) is 4. The van der Waals surface area contributed by atoms with Crippen molar-refractivity contribution in [1.29, 1.82) is 0 Å². The molecule has 0 saturated heterocycles. The molecule has 0 radical (unpaired) electrons. The number of ether oxygens (including phenoxy) is 2. The van der Waals surface area contributed by atoms with Crippen LogP contribution in [-0.4, -0.2) is 49.3 Å². The maximum Gasteiger partial charge on any atom is 0.254 e. The zero-order valence-electron chi connectivity index (χ0n) is 12.4. The molecule has 1 amide bonds. The highest BCUT2D eigenvalue weighted by atomic mass is 35.5. The first-order valence-corrected chi connectivity index (χ1v) is 6.46. The van der Waals surface area contributed by atoms with Gasteiger partial charge in [0, 0.05) is 12.6 Å². The van der Waals surface area contributed by atoms with Crippen LogP contribution in [0.3, 0.4) is 0 Å². The molecule has 0 bridgehead atoms. The van der Waals surface area contributed by atoms with Crippen molar-refractivity contribution in [2.24, 2.45) is 0 Å². The van der Waals surface area contributed by atoms with Gasteiger partial charge in [0.1, 0.15) is 0 Å². The van der Waals surface area contributed by atoms with Gasteiger partial charge in [-0.25, -0.2) is 0 Å². The highest BCUT2D eigenvalue weighted by Crippen LogP contribution is 2.36. The fourth-order valence-electron chi connectivity index (χ4n) is 1.62. The molecule has 0 unspecified atom stereocenters. The predicted octanol–water partition coefficient (Wildman–Crippen LogP) is 2.20. The summed E-state index contributed by atoms with van der Waals surface area (Å²) in [6, 6.07) is 3.09. The fraction of sp³-hybridized carbons (Fsp3) is 0.500. The van der Waals surface area contributed by atoms with Crippen LogP contribution in [-0.2, 0) is 0 Å². The van der Waals surface area contributed by atoms with E-state index < -0.39 is 5.54 Å². The number of carbonyl (C=O) groups excluding carboxylic acids is 1. The Morgan fingerprint density at radius 2 is 1.95 bits per heavy atom. The number of carbonyl (C=O) groups is 1. The van der Waals surface area contributed by atoms with E-state index in [-0.39, 0.29) is 12.5 Å². The number of nitrogens with zero attached hydrogens (tertiary/aromatic N) is 1. The van der Waals surface area contributed by atoms with Gasteiger partial charge < -0.3 is 19.5 Å². The molecule has 0 saturated carbocycles. The number of rotatable bonds is 5. The van der Waals surface area contributed by atoms with Crippen molar-refractivity contribution in [3.05, 3.63) is 22.7 Å². The number of amides is 1. The maximum absolute atomic E-state index is 12.4. The number of aliphatic hydroxyl groups is 1. The van der Waals surface area contributed by atoms with Gasteiger partial charge in [-0.15, -0.1) is 0 Å². The second kappa shape index (κ2) is 6.33. The molecule has 0 fully saturated rings. The Bertz CT molecular complexity index is 502. The minimum absolute atomic E-state index is 0.143. The number of halogens is 1. The molecule has 1 N–H and O–H groups in total. The Hall–Kier alpha value is -1.46. The second-order valence-corrected chi connectivity index (χ2v) is 5.44. The van der Waals surface area contributed by atoms with Gasteiger partial charge in [-0.3, -0.25) is 4.79 Å². The summed E-state index contributed by atoms with van der Waals surface area (Å²) in [7, 11) is 4.58. The Morgan fingerprint density at radius 1 is 1.35 bits per heavy atom. The van der Waals surface area contributed by atoms with Gasteiger partial charge >= 0.3 is 0 Å². The monoisotopic (exact) mass is 301 g/mol. The molecule has 0 aliphatic rings. The Kier molecular flexibility index (Phi) is 5.25. The van der Waals surface area contributed by atoms with E-state index in [1.165, 1.54) is 25.2 Å². The Morgan fingerprint density at radius 3 is 2.40 bits per heavy atom. The molecule has 1 aromatic rings. The quantitative estimate of drug-likeness (QED) is 0.906. The highest BCUT2D eigenvalue weighted by molar-refractivity contribution is 6.32. The van der Waals surface area contributed by atoms with Crippen molar-refractivity contribution in [3.8, 4) is 11.5 Å². The van der Waals surface area contributed by atoms with Gasteiger partial charge in [0.25, 0.3) is 5.91 Å². The van der Waals surface area contributed by atoms with E-state index in [9.17, 15) is 9.90 Å². The minimum Gasteiger partial charge on any atom is -0.493 e. The van der Waals surface area contributed by atoms with Crippen molar-refractivity contribution >= 4 is 17.5 Å². The van der Waals surface area contributed by atoms with Crippen LogP contribution in [0.2, 0.25) is 5.02 Å². The minimum atomic E-state index is -0.670. The van der Waals surface area contributed by atoms with Crippen molar-refractivity contribution in [2.75, 3.05) is 27.9 Å². The summed E-state index contributed by atoms with van der Waals surface area (Å²) in [5.74, 6) is 0.514. The largest absolute Gasteiger partial charge is 0.493 e. The van der Waals surface area contributed by atoms with E-state index in [1.54, 1.807) is 27.0 Å². The normalized spacial score (nSPS) is 11.2. The first-order chi connectivity index (χ1) is 9.28. The SMILES string of the molecule is COc1cc(C(=O)N(C)C(C)(C)CO)cc(Cl)c1OC. The summed E-state index contributed by atoms with van der Waals surface area (Å²) in [6.45, 7) is 3.40. The van der Waals surface area contributed by atoms with Crippen LogP contribution in [0, 0.1) is 0 Å². The molecule has 20 heavy (non-hydrogen) atoms. The van der Waals surface area contributed by atoms with Crippen LogP contribution in [0.4, 0.5) is 0 Å². The summed E-state index contributed by atoms with van der Waals surface area (Å²) < 4.78 is 10.3. The summed E-state index contributed by atoms with van der Waals surface area (Å²) in [5, 5.41) is 9.63. The van der Waals surface area contributed by atoms with Crippen LogP contribution in [0.25, 0.3) is 0 Å². The smallest absolute Gasteiger partial charge is 0.254 e. The lowest BCUT2D eigenvalue weighted by Gasteiger charge is -2.34. The molecule has 112 valence electrons. The molecular formula is C14H20ClNO4. The predicted molar refractivity (Wildman–Crippen MR) is 77.8 cm³/mol. The van der Waals surface area contributed by atoms with Crippen molar-refractivity contribution in [1.82, 2.24) is 4.90 Å². The second-order valence-electron chi connectivity index (χ2n) is 5.03. The number of benzene rings is 1. The van der Waals surface area contributed by atoms with Crippen LogP contribution >= 0.6 is 11.6 Å². The summed E-state index contributed by atoms with van der Waals surface area (Å²) >= 11 is 6.09. The molecule has 0 aliphatic carbocycles. The highest BCUT2D eigenvalue weighted by Gasteiger charge is 2.28. The van der Waals surface area contributed by atoms with E-state index in [2.05, 4.69) is 0 Å². The number of likely N-dealkylation sites (N-methyl/N-ethyl adjacent to an activating group) is 1. The van der Waals surface area contributed by atoms with Gasteiger partial charge in [-0.05, 0) is 26.0 Å². The molecule has 1 aromatic carbocycles. The molecule has 1 rings (SSSR count). The van der Waals surface area contributed by atoms with Gasteiger partial charge in [-0.2, -0.15) is 0 Å². The average Bonchev–Trinajstić information content (AvgIpc) is 2.44. The van der Waals surface area contributed by atoms with Gasteiger partial charge in [0.2, 0.25) is 0 Å². The van der Waals surface area contributed by atoms with Gasteiger partial charge in [-0.1, -0.05) is 11.6 Å². The van der Waals surface area contributed by atoms with Crippen LogP contribution in [0.15, 0.2) is 12.1 Å². The molecular weight excluding hydrogens is 282 g/mol. The average molecular weight is 302 g/mol. The lowest BCUT2D eigenvalue weighted by Crippen LogP contribution is -2.47. The number of aliphatic hydroxyl groups excluding tert-OH is 1. The molecule has 0 atom stereocenters. The lowest BCUT2D eigenvalue weighted by molar-refractivity contribution is 0.0473. The first-order valence-electron chi connectivity index (χ1n) is 6.09. The van der Waals surface area contributed by atoms with Crippen LogP contribution in [0.5, 0.6) is 11.5 Å². The third-order valence-corrected chi connectivity index (χ3v) is 3.56. The van der Waals surface area contributed by atoms with Crippen molar-refractivity contribution in [3.63, 3.8) is 0 Å². The molecule has 0 heterocycles. The van der Waals surface area contributed by atoms with Crippen LogP contribution in [0.1, 0.15) is 24.2 Å². The molecule has 0 spiro atoms. The molecule has 6 heteroatoms. The van der Waals surface area contributed by atoms with E-state index >= 15 is 0 Å². The van der Waals surface area contributed by atoms with E-state index in [0.717, 1.165) is 0 Å². The standard InChI is InChI=1S/C14H20ClNO4/c1-14(2,8-17)16(3)13(18)9-6-10(15)12(20-5)11(7-9)19-4/h6-7,17H,8H2,1-5H3. The Balaban J connectivity index is 3.21. The molecule has 0 aliphatic heterocycles. The zero-order chi connectivity index (χ0) is 15.5. The third-order valence-electron chi connectivity index (χ3n) is 3.28. The first kappa shape index (κ1) is 16.6. The van der Waals surface area contributed by atoms with Gasteiger partial charge in [0.05, 0.1) is 31.4 Å². The zero-order valence-corrected chi connectivity index (χ0v) is 13.1. The summed E-state index contributed by atoms with van der Waals surface area (Å²) in [6.07, 6.45) is 0. The Labute approximate surface area is 124 Å². The van der Waals surface area contributed by atoms with E-state index in [4.69, 9.17) is 21.1 Å². The molecule has 5 nitrogen and oxygen atoms in total. The van der Waals surface area contributed by atoms with E-state index in [1.807, 2.05) is 0 Å². The maximum atomic E-state index is 12.4. The van der Waals surface area contributed by atoms with Gasteiger partial charge in [0.15, 0.2) is 11.5 Å². The third kappa shape index (κ3) is 3.16. The van der Waals surface area contributed by atoms with E-state index in [0.29, 0.717) is 22.1 Å². The topological polar surface area (TPSA) is 59.0 Å². The summed E-state index contributed by atoms with van der Waals surface area (Å²) in [5.41, 5.74) is -0.298.